The zero-order chi connectivity index (χ0) is 18.6. The summed E-state index contributed by atoms with van der Waals surface area (Å²) in [6.45, 7) is 12.4. The van der Waals surface area contributed by atoms with Gasteiger partial charge in [-0.25, -0.2) is 12.7 Å². The first-order valence-electron chi connectivity index (χ1n) is 10.0. The van der Waals surface area contributed by atoms with E-state index >= 15 is 0 Å². The Morgan fingerprint density at radius 2 is 1.77 bits per heavy atom. The lowest BCUT2D eigenvalue weighted by Crippen LogP contribution is -2.62. The van der Waals surface area contributed by atoms with E-state index in [0.29, 0.717) is 19.1 Å². The quantitative estimate of drug-likeness (QED) is 0.467. The highest BCUT2D eigenvalue weighted by atomic mass is 32.2. The molecule has 0 spiro atoms. The van der Waals surface area contributed by atoms with Crippen molar-refractivity contribution in [2.45, 2.75) is 38.8 Å². The van der Waals surface area contributed by atoms with Gasteiger partial charge in [-0.05, 0) is 26.7 Å². The van der Waals surface area contributed by atoms with Crippen LogP contribution in [-0.4, -0.2) is 105 Å². The molecular weight excluding hydrogens is 352 g/mol. The molecule has 0 aromatic carbocycles. The summed E-state index contributed by atoms with van der Waals surface area (Å²) < 4.78 is 25.6. The lowest BCUT2D eigenvalue weighted by Gasteiger charge is -2.47. The Morgan fingerprint density at radius 1 is 1.08 bits per heavy atom. The largest absolute Gasteiger partial charge is 0.357 e. The molecule has 0 radical (unpaired) electrons. The van der Waals surface area contributed by atoms with Gasteiger partial charge in [0, 0.05) is 64.4 Å². The summed E-state index contributed by atoms with van der Waals surface area (Å²) in [6, 6.07) is 0.799. The maximum Gasteiger partial charge on any atom is 0.213 e. The van der Waals surface area contributed by atoms with E-state index in [1.807, 2.05) is 0 Å². The average molecular weight is 387 g/mol. The highest BCUT2D eigenvalue weighted by Crippen LogP contribution is 2.16. The van der Waals surface area contributed by atoms with E-state index in [1.165, 1.54) is 13.1 Å². The number of aliphatic imine (C=N–C) groups is 1. The Hall–Kier alpha value is -0.900. The molecule has 150 valence electrons. The molecular formula is C17H34N6O2S. The molecule has 2 bridgehead atoms. The third kappa shape index (κ3) is 4.88. The van der Waals surface area contributed by atoms with Gasteiger partial charge < -0.3 is 10.6 Å². The fourth-order valence-electron chi connectivity index (χ4n) is 4.07. The van der Waals surface area contributed by atoms with Gasteiger partial charge in [-0.3, -0.25) is 14.8 Å². The van der Waals surface area contributed by atoms with E-state index < -0.39 is 10.0 Å². The van der Waals surface area contributed by atoms with Crippen LogP contribution in [0.5, 0.6) is 0 Å². The van der Waals surface area contributed by atoms with Crippen LogP contribution < -0.4 is 10.6 Å². The third-order valence-electron chi connectivity index (χ3n) is 5.75. The van der Waals surface area contributed by atoms with Gasteiger partial charge in [0.15, 0.2) is 5.96 Å². The van der Waals surface area contributed by atoms with Crippen molar-refractivity contribution in [3.63, 3.8) is 0 Å². The molecule has 4 aliphatic rings. The summed E-state index contributed by atoms with van der Waals surface area (Å²) in [5.74, 6) is 1.05. The highest BCUT2D eigenvalue weighted by Gasteiger charge is 2.32. The maximum absolute atomic E-state index is 12.0. The van der Waals surface area contributed by atoms with Crippen LogP contribution in [-0.2, 0) is 10.0 Å². The van der Waals surface area contributed by atoms with E-state index in [4.69, 9.17) is 4.99 Å². The number of hydrogen-bond donors (Lipinski definition) is 2. The van der Waals surface area contributed by atoms with Gasteiger partial charge in [-0.2, -0.15) is 0 Å². The number of nitrogens with zero attached hydrogens (tertiary/aromatic N) is 4. The minimum absolute atomic E-state index is 0.185. The molecule has 0 aromatic rings. The first-order valence-corrected chi connectivity index (χ1v) is 11.6. The molecule has 26 heavy (non-hydrogen) atoms. The summed E-state index contributed by atoms with van der Waals surface area (Å²) in [5.41, 5.74) is 0. The van der Waals surface area contributed by atoms with Gasteiger partial charge in [0.25, 0.3) is 0 Å². The number of piperidine rings is 1. The van der Waals surface area contributed by atoms with Crippen LogP contribution in [0, 0.1) is 0 Å². The molecule has 9 heteroatoms. The zero-order valence-corrected chi connectivity index (χ0v) is 17.0. The van der Waals surface area contributed by atoms with Crippen molar-refractivity contribution in [1.29, 1.82) is 0 Å². The second kappa shape index (κ2) is 8.86. The normalized spacial score (nSPS) is 31.2. The zero-order valence-electron chi connectivity index (χ0n) is 16.2. The highest BCUT2D eigenvalue weighted by molar-refractivity contribution is 7.89. The first-order chi connectivity index (χ1) is 12.5. The molecule has 4 rings (SSSR count). The molecule has 4 fully saturated rings. The predicted octanol–water partition coefficient (Wildman–Crippen LogP) is -0.645. The van der Waals surface area contributed by atoms with Gasteiger partial charge in [-0.15, -0.1) is 0 Å². The molecule has 1 unspecified atom stereocenters. The van der Waals surface area contributed by atoms with Crippen molar-refractivity contribution in [3.8, 4) is 0 Å². The monoisotopic (exact) mass is 386 g/mol. The van der Waals surface area contributed by atoms with Crippen molar-refractivity contribution in [1.82, 2.24) is 24.7 Å². The topological polar surface area (TPSA) is 80.3 Å². The van der Waals surface area contributed by atoms with Crippen LogP contribution >= 0.6 is 0 Å². The lowest BCUT2D eigenvalue weighted by atomic mass is 10.1. The standard InChI is InChI=1S/C17H34N6O2S/c1-3-18-17(19-13-16-14-21-9-11-22(16)12-10-21)20-15-5-7-23(8-6-15)26(24,25)4-2/h15-16H,3-14H2,1-2H3,(H2,18,19,20). The van der Waals surface area contributed by atoms with Crippen molar-refractivity contribution < 1.29 is 8.42 Å². The second-order valence-electron chi connectivity index (χ2n) is 7.43. The number of rotatable bonds is 6. The van der Waals surface area contributed by atoms with E-state index in [-0.39, 0.29) is 11.8 Å². The van der Waals surface area contributed by atoms with Crippen LogP contribution in [0.1, 0.15) is 26.7 Å². The average Bonchev–Trinajstić information content (AvgIpc) is 2.67. The number of fused-ring (bicyclic) bond motifs is 3. The summed E-state index contributed by atoms with van der Waals surface area (Å²) in [7, 11) is -3.06. The molecule has 4 saturated heterocycles. The van der Waals surface area contributed by atoms with E-state index in [9.17, 15) is 8.42 Å². The van der Waals surface area contributed by atoms with E-state index in [0.717, 1.165) is 51.5 Å². The Labute approximate surface area is 158 Å². The molecule has 0 aromatic heterocycles. The summed E-state index contributed by atoms with van der Waals surface area (Å²) >= 11 is 0. The molecule has 2 N–H and O–H groups in total. The second-order valence-corrected chi connectivity index (χ2v) is 9.69. The van der Waals surface area contributed by atoms with E-state index in [2.05, 4.69) is 27.4 Å². The Morgan fingerprint density at radius 3 is 2.31 bits per heavy atom. The predicted molar refractivity (Wildman–Crippen MR) is 105 cm³/mol. The van der Waals surface area contributed by atoms with Gasteiger partial charge in [0.05, 0.1) is 12.3 Å². The molecule has 1 atom stereocenters. The van der Waals surface area contributed by atoms with Crippen LogP contribution in [0.4, 0.5) is 0 Å². The SMILES string of the molecule is CCNC(=NCC1CN2CCN1CC2)NC1CCN(S(=O)(=O)CC)CC1. The Bertz CT molecular complexity index is 580. The molecule has 8 nitrogen and oxygen atoms in total. The first kappa shape index (κ1) is 19.9. The maximum atomic E-state index is 12.0. The number of nitrogens with one attached hydrogen (secondary N) is 2. The molecule has 4 heterocycles. The number of sulfonamides is 1. The summed E-state index contributed by atoms with van der Waals surface area (Å²) in [6.07, 6.45) is 1.65. The van der Waals surface area contributed by atoms with Crippen LogP contribution in [0.3, 0.4) is 0 Å². The smallest absolute Gasteiger partial charge is 0.213 e. The van der Waals surface area contributed by atoms with Crippen LogP contribution in [0.2, 0.25) is 0 Å². The lowest BCUT2D eigenvalue weighted by molar-refractivity contribution is 0.0174. The Kier molecular flexibility index (Phi) is 6.76. The number of guanidine groups is 1. The minimum Gasteiger partial charge on any atom is -0.357 e. The molecule has 0 aliphatic carbocycles. The van der Waals surface area contributed by atoms with Crippen molar-refractivity contribution >= 4 is 16.0 Å². The van der Waals surface area contributed by atoms with Gasteiger partial charge >= 0.3 is 0 Å². The van der Waals surface area contributed by atoms with E-state index in [1.54, 1.807) is 11.2 Å². The van der Waals surface area contributed by atoms with Crippen LogP contribution in [0.15, 0.2) is 4.99 Å². The minimum atomic E-state index is -3.06. The van der Waals surface area contributed by atoms with Gasteiger partial charge in [-0.1, -0.05) is 0 Å². The van der Waals surface area contributed by atoms with Crippen LogP contribution in [0.25, 0.3) is 0 Å². The molecule has 4 aliphatic heterocycles. The fourth-order valence-corrected chi connectivity index (χ4v) is 5.20. The third-order valence-corrected chi connectivity index (χ3v) is 7.63. The number of hydrogen-bond acceptors (Lipinski definition) is 5. The van der Waals surface area contributed by atoms with Crippen molar-refractivity contribution in [3.05, 3.63) is 0 Å². The summed E-state index contributed by atoms with van der Waals surface area (Å²) in [4.78, 5) is 9.92. The molecule has 0 saturated carbocycles. The summed E-state index contributed by atoms with van der Waals surface area (Å²) in [5, 5.41) is 6.86. The van der Waals surface area contributed by atoms with Crippen molar-refractivity contribution in [2.75, 3.05) is 64.7 Å². The Balaban J connectivity index is 1.51. The van der Waals surface area contributed by atoms with Crippen molar-refractivity contribution in [2.24, 2.45) is 4.99 Å². The van der Waals surface area contributed by atoms with Gasteiger partial charge in [0.1, 0.15) is 0 Å². The molecule has 0 amide bonds. The van der Waals surface area contributed by atoms with Gasteiger partial charge in [0.2, 0.25) is 10.0 Å². The fraction of sp³-hybridized carbons (Fsp3) is 0.941. The number of piperazine rings is 3.